The molecule has 0 bridgehead atoms. The monoisotopic (exact) mass is 326 g/mol. The number of carbonyl (C=O) groups excluding carboxylic acids is 1. The van der Waals surface area contributed by atoms with Gasteiger partial charge >= 0.3 is 0 Å². The summed E-state index contributed by atoms with van der Waals surface area (Å²) in [7, 11) is 0. The molecule has 1 aromatic heterocycles. The molecule has 2 N–H and O–H groups in total. The molecule has 2 heterocycles. The zero-order chi connectivity index (χ0) is 13.7. The molecule has 1 aromatic rings. The fraction of sp³-hybridized carbons (Fsp3) is 0.538. The van der Waals surface area contributed by atoms with Gasteiger partial charge in [0, 0.05) is 23.8 Å². The van der Waals surface area contributed by atoms with Crippen LogP contribution in [0, 0.1) is 6.92 Å². The molecule has 0 spiro atoms. The Balaban J connectivity index is 1.89. The predicted octanol–water partition coefficient (Wildman–Crippen LogP) is 1.39. The number of aromatic nitrogens is 1. The van der Waals surface area contributed by atoms with E-state index in [2.05, 4.69) is 36.4 Å². The summed E-state index contributed by atoms with van der Waals surface area (Å²) in [5, 5.41) is 6.20. The number of amides is 1. The first-order valence-corrected chi connectivity index (χ1v) is 7.29. The van der Waals surface area contributed by atoms with E-state index in [9.17, 15) is 4.79 Å². The number of aryl methyl sites for hydroxylation is 1. The molecule has 0 atom stereocenters. The second-order valence-corrected chi connectivity index (χ2v) is 5.66. The van der Waals surface area contributed by atoms with Crippen LogP contribution in [0.3, 0.4) is 0 Å². The molecule has 5 nitrogen and oxygen atoms in total. The van der Waals surface area contributed by atoms with Crippen molar-refractivity contribution in [2.45, 2.75) is 13.3 Å². The van der Waals surface area contributed by atoms with Gasteiger partial charge in [-0.05, 0) is 54.0 Å². The first kappa shape index (κ1) is 14.4. The Hall–Kier alpha value is -0.980. The Labute approximate surface area is 121 Å². The minimum Gasteiger partial charge on any atom is -0.315 e. The molecular formula is C13H19BrN4O. The van der Waals surface area contributed by atoms with Gasteiger partial charge in [0.15, 0.2) is 0 Å². The van der Waals surface area contributed by atoms with Crippen molar-refractivity contribution in [1.82, 2.24) is 15.2 Å². The lowest BCUT2D eigenvalue weighted by atomic mass is 10.3. The van der Waals surface area contributed by atoms with E-state index >= 15 is 0 Å². The maximum absolute atomic E-state index is 12.0. The van der Waals surface area contributed by atoms with E-state index in [-0.39, 0.29) is 5.91 Å². The highest BCUT2D eigenvalue weighted by atomic mass is 79.9. The minimum absolute atomic E-state index is 0.000164. The number of halogens is 1. The summed E-state index contributed by atoms with van der Waals surface area (Å²) >= 11 is 3.36. The summed E-state index contributed by atoms with van der Waals surface area (Å²) in [5.41, 5.74) is 0.959. The fourth-order valence-corrected chi connectivity index (χ4v) is 2.55. The molecule has 2 rings (SSSR count). The highest BCUT2D eigenvalue weighted by Crippen LogP contribution is 2.16. The van der Waals surface area contributed by atoms with Gasteiger partial charge in [-0.1, -0.05) is 0 Å². The summed E-state index contributed by atoms with van der Waals surface area (Å²) in [6.07, 6.45) is 2.78. The first-order valence-electron chi connectivity index (χ1n) is 6.50. The topological polar surface area (TPSA) is 57.3 Å². The molecular weight excluding hydrogens is 308 g/mol. The van der Waals surface area contributed by atoms with Crippen molar-refractivity contribution in [1.29, 1.82) is 0 Å². The van der Waals surface area contributed by atoms with E-state index in [1.54, 1.807) is 6.20 Å². The average molecular weight is 327 g/mol. The summed E-state index contributed by atoms with van der Waals surface area (Å²) in [6.45, 7) is 6.23. The van der Waals surface area contributed by atoms with Gasteiger partial charge in [0.1, 0.15) is 5.82 Å². The van der Waals surface area contributed by atoms with E-state index in [1.807, 2.05) is 13.0 Å². The third-order valence-corrected chi connectivity index (χ3v) is 3.54. The molecule has 1 saturated heterocycles. The third kappa shape index (κ3) is 4.56. The van der Waals surface area contributed by atoms with E-state index in [0.717, 1.165) is 42.6 Å². The zero-order valence-corrected chi connectivity index (χ0v) is 12.7. The highest BCUT2D eigenvalue weighted by molar-refractivity contribution is 9.10. The summed E-state index contributed by atoms with van der Waals surface area (Å²) < 4.78 is 0.918. The molecule has 1 aliphatic heterocycles. The van der Waals surface area contributed by atoms with E-state index in [0.29, 0.717) is 12.4 Å². The Bertz CT molecular complexity index is 444. The van der Waals surface area contributed by atoms with Crippen molar-refractivity contribution in [3.05, 3.63) is 22.3 Å². The van der Waals surface area contributed by atoms with Gasteiger partial charge in [-0.15, -0.1) is 0 Å². The fourth-order valence-electron chi connectivity index (χ4n) is 2.11. The lowest BCUT2D eigenvalue weighted by Crippen LogP contribution is -2.35. The maximum Gasteiger partial charge on any atom is 0.239 e. The van der Waals surface area contributed by atoms with Crippen molar-refractivity contribution >= 4 is 27.7 Å². The van der Waals surface area contributed by atoms with Crippen LogP contribution in [0.15, 0.2) is 16.7 Å². The van der Waals surface area contributed by atoms with Crippen LogP contribution < -0.4 is 10.6 Å². The van der Waals surface area contributed by atoms with Crippen molar-refractivity contribution in [3.8, 4) is 0 Å². The average Bonchev–Trinajstić information content (AvgIpc) is 2.61. The van der Waals surface area contributed by atoms with Crippen LogP contribution in [0.4, 0.5) is 5.82 Å². The van der Waals surface area contributed by atoms with Crippen LogP contribution in [0.25, 0.3) is 0 Å². The molecule has 0 saturated carbocycles. The highest BCUT2D eigenvalue weighted by Gasteiger charge is 2.13. The lowest BCUT2D eigenvalue weighted by molar-refractivity contribution is -0.117. The number of anilines is 1. The van der Waals surface area contributed by atoms with Gasteiger partial charge in [-0.25, -0.2) is 4.98 Å². The summed E-state index contributed by atoms with van der Waals surface area (Å²) in [4.78, 5) is 18.4. The van der Waals surface area contributed by atoms with E-state index in [4.69, 9.17) is 0 Å². The number of rotatable bonds is 3. The molecule has 0 aromatic carbocycles. The molecule has 1 amide bonds. The normalized spacial score (nSPS) is 16.9. The van der Waals surface area contributed by atoms with Crippen LogP contribution in [-0.2, 0) is 4.79 Å². The Morgan fingerprint density at radius 3 is 3.16 bits per heavy atom. The molecule has 1 aliphatic rings. The van der Waals surface area contributed by atoms with Gasteiger partial charge in [0.2, 0.25) is 5.91 Å². The number of hydrogen-bond donors (Lipinski definition) is 2. The minimum atomic E-state index is -0.000164. The molecule has 6 heteroatoms. The zero-order valence-electron chi connectivity index (χ0n) is 11.1. The van der Waals surface area contributed by atoms with E-state index in [1.165, 1.54) is 0 Å². The predicted molar refractivity (Wildman–Crippen MR) is 79.2 cm³/mol. The van der Waals surface area contributed by atoms with Crippen LogP contribution in [0.1, 0.15) is 12.0 Å². The molecule has 19 heavy (non-hydrogen) atoms. The summed E-state index contributed by atoms with van der Waals surface area (Å²) in [5.74, 6) is 0.640. The quantitative estimate of drug-likeness (QED) is 0.881. The van der Waals surface area contributed by atoms with Crippen molar-refractivity contribution in [2.75, 3.05) is 38.0 Å². The Morgan fingerprint density at radius 1 is 1.53 bits per heavy atom. The van der Waals surface area contributed by atoms with E-state index < -0.39 is 0 Å². The maximum atomic E-state index is 12.0. The van der Waals surface area contributed by atoms with Gasteiger partial charge < -0.3 is 10.6 Å². The van der Waals surface area contributed by atoms with Crippen LogP contribution in [0.2, 0.25) is 0 Å². The molecule has 0 radical (unpaired) electrons. The van der Waals surface area contributed by atoms with Crippen LogP contribution in [-0.4, -0.2) is 48.5 Å². The largest absolute Gasteiger partial charge is 0.315 e. The first-order chi connectivity index (χ1) is 9.15. The smallest absolute Gasteiger partial charge is 0.239 e. The second-order valence-electron chi connectivity index (χ2n) is 4.75. The second kappa shape index (κ2) is 6.98. The SMILES string of the molecule is Cc1cc(Br)cnc1NC(=O)CN1CCCNCC1. The number of carbonyl (C=O) groups is 1. The van der Waals surface area contributed by atoms with Crippen LogP contribution >= 0.6 is 15.9 Å². The molecule has 0 unspecified atom stereocenters. The Kier molecular flexibility index (Phi) is 5.30. The summed E-state index contributed by atoms with van der Waals surface area (Å²) in [6, 6.07) is 1.94. The molecule has 1 fully saturated rings. The van der Waals surface area contributed by atoms with Crippen LogP contribution in [0.5, 0.6) is 0 Å². The van der Waals surface area contributed by atoms with Crippen molar-refractivity contribution < 1.29 is 4.79 Å². The van der Waals surface area contributed by atoms with Gasteiger partial charge in [0.05, 0.1) is 6.54 Å². The van der Waals surface area contributed by atoms with Crippen molar-refractivity contribution in [3.63, 3.8) is 0 Å². The van der Waals surface area contributed by atoms with Gasteiger partial charge in [0.25, 0.3) is 0 Å². The number of pyridine rings is 1. The number of nitrogens with zero attached hydrogens (tertiary/aromatic N) is 2. The molecule has 0 aliphatic carbocycles. The number of nitrogens with one attached hydrogen (secondary N) is 2. The van der Waals surface area contributed by atoms with Gasteiger partial charge in [-0.3, -0.25) is 9.69 Å². The lowest BCUT2D eigenvalue weighted by Gasteiger charge is -2.18. The molecule has 104 valence electrons. The third-order valence-electron chi connectivity index (χ3n) is 3.10. The van der Waals surface area contributed by atoms with Gasteiger partial charge in [-0.2, -0.15) is 0 Å². The Morgan fingerprint density at radius 2 is 2.37 bits per heavy atom. The van der Waals surface area contributed by atoms with Crippen molar-refractivity contribution in [2.24, 2.45) is 0 Å². The standard InChI is InChI=1S/C13H19BrN4O/c1-10-7-11(14)8-16-13(10)17-12(19)9-18-5-2-3-15-4-6-18/h7-8,15H,2-6,9H2,1H3,(H,16,17,19). The number of hydrogen-bond acceptors (Lipinski definition) is 4.